The molecule has 2 aromatic rings. The average molecular weight is 653 g/mol. The quantitative estimate of drug-likeness (QED) is 0.0924. The van der Waals surface area contributed by atoms with E-state index in [4.69, 9.17) is 28.3 Å². The zero-order chi connectivity index (χ0) is 32.3. The van der Waals surface area contributed by atoms with E-state index in [0.717, 1.165) is 56.9 Å². The number of benzene rings is 2. The van der Waals surface area contributed by atoms with Crippen LogP contribution in [0.2, 0.25) is 0 Å². The Morgan fingerprint density at radius 2 is 1.57 bits per heavy atom. The number of hydrogen-bond acceptors (Lipinski definition) is 5. The number of carbonyl (C=O) groups excluding carboxylic acids is 3. The van der Waals surface area contributed by atoms with Crippen molar-refractivity contribution in [3.63, 3.8) is 0 Å². The van der Waals surface area contributed by atoms with Gasteiger partial charge < -0.3 is 33.6 Å². The largest absolute Gasteiger partial charge is 0.384 e. The first-order valence-corrected chi connectivity index (χ1v) is 16.1. The molecule has 3 amide bonds. The van der Waals surface area contributed by atoms with E-state index in [1.54, 1.807) is 12.1 Å². The second-order valence-electron chi connectivity index (χ2n) is 12.4. The number of nitrogen functional groups attached to an aromatic ring is 1. The van der Waals surface area contributed by atoms with E-state index >= 15 is 0 Å². The lowest BCUT2D eigenvalue weighted by Crippen LogP contribution is -2.57. The van der Waals surface area contributed by atoms with E-state index < -0.39 is 29.8 Å². The fraction of sp³-hybridized carbons (Fsp3) is 0.500. The molecule has 2 aliphatic carbocycles. The van der Waals surface area contributed by atoms with Crippen LogP contribution < -0.4 is 33.6 Å². The van der Waals surface area contributed by atoms with Crippen molar-refractivity contribution >= 4 is 41.9 Å². The third-order valence-corrected chi connectivity index (χ3v) is 9.27. The van der Waals surface area contributed by atoms with Crippen LogP contribution in [0.25, 0.3) is 0 Å². The van der Waals surface area contributed by atoms with Crippen LogP contribution in [0.4, 0.5) is 0 Å². The van der Waals surface area contributed by atoms with Crippen LogP contribution in [0.15, 0.2) is 53.5 Å². The molecule has 1 saturated carbocycles. The monoisotopic (exact) mass is 652 g/mol. The minimum absolute atomic E-state index is 0. The molecule has 11 nitrogen and oxygen atoms in total. The van der Waals surface area contributed by atoms with Gasteiger partial charge in [0.25, 0.3) is 0 Å². The van der Waals surface area contributed by atoms with Gasteiger partial charge in [-0.15, -0.1) is 12.4 Å². The van der Waals surface area contributed by atoms with Gasteiger partial charge in [0.15, 0.2) is 5.96 Å². The van der Waals surface area contributed by atoms with Gasteiger partial charge in [0, 0.05) is 18.0 Å². The molecule has 0 saturated heterocycles. The second-order valence-corrected chi connectivity index (χ2v) is 12.4. The predicted molar refractivity (Wildman–Crippen MR) is 184 cm³/mol. The third-order valence-electron chi connectivity index (χ3n) is 9.27. The summed E-state index contributed by atoms with van der Waals surface area (Å²) in [4.78, 5) is 44.5. The van der Waals surface area contributed by atoms with Crippen molar-refractivity contribution in [3.8, 4) is 0 Å². The molecule has 0 aliphatic heterocycles. The number of guanidine groups is 1. The number of rotatable bonds is 14. The molecule has 4 rings (SSSR count). The lowest BCUT2D eigenvalue weighted by molar-refractivity contribution is -0.134. The van der Waals surface area contributed by atoms with Crippen molar-refractivity contribution < 1.29 is 14.4 Å². The van der Waals surface area contributed by atoms with E-state index in [1.165, 1.54) is 11.1 Å². The Hall–Kier alpha value is -4.12. The second kappa shape index (κ2) is 17.5. The molecule has 0 bridgehead atoms. The van der Waals surface area contributed by atoms with Gasteiger partial charge in [0.1, 0.15) is 17.9 Å². The summed E-state index contributed by atoms with van der Waals surface area (Å²) in [5, 5.41) is 13.8. The van der Waals surface area contributed by atoms with Crippen LogP contribution in [0.5, 0.6) is 0 Å². The lowest BCUT2D eigenvalue weighted by Gasteiger charge is -2.35. The van der Waals surface area contributed by atoms with Gasteiger partial charge >= 0.3 is 0 Å². The van der Waals surface area contributed by atoms with E-state index in [0.29, 0.717) is 24.9 Å². The fourth-order valence-electron chi connectivity index (χ4n) is 6.88. The Labute approximate surface area is 277 Å². The van der Waals surface area contributed by atoms with Crippen molar-refractivity contribution in [1.29, 1.82) is 5.41 Å². The molecule has 250 valence electrons. The maximum atomic E-state index is 14.4. The van der Waals surface area contributed by atoms with Crippen molar-refractivity contribution in [1.82, 2.24) is 10.6 Å². The standard InChI is InChI=1S/C34H48N8O3.ClH/c35-30(36)24-17-15-21(16-18-24)20-27(26-13-6-11-22-8-4-5-12-25(22)26)32(44)42-29(23-9-2-1-3-10-23)33(45)41-28(31(37)43)14-7-19-40-34(38)39;/h4-5,8,12,15-18,23,26-29H,1-3,6-7,9-11,13-14,19-20H2,(H3,35,36)(H2,37,43)(H,41,45)(H,42,44)(H4,38,39,40);1H/t26?,27-,28?,29-;/m0./s1. The molecular formula is C34H49ClN8O3. The molecule has 46 heavy (non-hydrogen) atoms. The van der Waals surface area contributed by atoms with Gasteiger partial charge in [-0.05, 0) is 79.9 Å². The summed E-state index contributed by atoms with van der Waals surface area (Å²) in [5.74, 6) is -1.77. The number of nitrogens with zero attached hydrogens (tertiary/aromatic N) is 1. The molecule has 1 fully saturated rings. The minimum Gasteiger partial charge on any atom is -0.384 e. The third kappa shape index (κ3) is 9.94. The molecule has 0 heterocycles. The average Bonchev–Trinajstić information content (AvgIpc) is 3.03. The van der Waals surface area contributed by atoms with Crippen molar-refractivity contribution in [2.24, 2.45) is 39.8 Å². The predicted octanol–water partition coefficient (Wildman–Crippen LogP) is 2.76. The smallest absolute Gasteiger partial charge is 0.243 e. The normalized spacial score (nSPS) is 18.0. The number of nitrogens with two attached hydrogens (primary N) is 4. The maximum absolute atomic E-state index is 14.4. The minimum atomic E-state index is -0.907. The highest BCUT2D eigenvalue weighted by Crippen LogP contribution is 2.39. The SMILES string of the molecule is Cl.N=C(N)c1ccc(C[C@H](C(=O)N[C@H](C(=O)NC(CCCN=C(N)N)C(N)=O)C2CCCCC2)C2CCCc3ccccc32)cc1. The van der Waals surface area contributed by atoms with Gasteiger partial charge in [-0.25, -0.2) is 0 Å². The van der Waals surface area contributed by atoms with E-state index in [1.807, 2.05) is 24.3 Å². The first-order valence-electron chi connectivity index (χ1n) is 16.1. The Kier molecular flexibility index (Phi) is 13.9. The molecule has 2 aromatic carbocycles. The van der Waals surface area contributed by atoms with E-state index in [-0.39, 0.29) is 48.4 Å². The number of nitrogens with one attached hydrogen (secondary N) is 3. The van der Waals surface area contributed by atoms with Crippen LogP contribution in [-0.4, -0.2) is 48.1 Å². The highest BCUT2D eigenvalue weighted by atomic mass is 35.5. The lowest BCUT2D eigenvalue weighted by atomic mass is 9.73. The maximum Gasteiger partial charge on any atom is 0.243 e. The first-order chi connectivity index (χ1) is 21.6. The molecule has 2 unspecified atom stereocenters. The van der Waals surface area contributed by atoms with Gasteiger partial charge in [0.05, 0.1) is 0 Å². The number of hydrogen-bond donors (Lipinski definition) is 7. The number of aryl methyl sites for hydroxylation is 1. The highest BCUT2D eigenvalue weighted by molar-refractivity contribution is 5.95. The molecule has 0 spiro atoms. The topological polar surface area (TPSA) is 216 Å². The zero-order valence-corrected chi connectivity index (χ0v) is 27.2. The van der Waals surface area contributed by atoms with Crippen molar-refractivity contribution in [2.75, 3.05) is 6.54 Å². The van der Waals surface area contributed by atoms with Crippen LogP contribution >= 0.6 is 12.4 Å². The first kappa shape index (κ1) is 36.3. The Morgan fingerprint density at radius 1 is 0.870 bits per heavy atom. The number of amidine groups is 1. The summed E-state index contributed by atoms with van der Waals surface area (Å²) in [5.41, 5.74) is 26.2. The van der Waals surface area contributed by atoms with Gasteiger partial charge in [0.2, 0.25) is 17.7 Å². The molecule has 0 aromatic heterocycles. The molecule has 12 heteroatoms. The van der Waals surface area contributed by atoms with E-state index in [2.05, 4.69) is 27.8 Å². The van der Waals surface area contributed by atoms with Crippen molar-refractivity contribution in [3.05, 3.63) is 70.8 Å². The van der Waals surface area contributed by atoms with Gasteiger partial charge in [-0.2, -0.15) is 0 Å². The number of primary amides is 1. The molecule has 2 aliphatic rings. The molecule has 11 N–H and O–H groups in total. The number of amides is 3. The Bertz CT molecular complexity index is 1370. The summed E-state index contributed by atoms with van der Waals surface area (Å²) in [6.45, 7) is 0.308. The van der Waals surface area contributed by atoms with Crippen molar-refractivity contribution in [2.45, 2.75) is 88.6 Å². The molecular weight excluding hydrogens is 604 g/mol. The number of aliphatic imine (C=N–C) groups is 1. The summed E-state index contributed by atoms with van der Waals surface area (Å²) in [7, 11) is 0. The Morgan fingerprint density at radius 3 is 2.22 bits per heavy atom. The highest BCUT2D eigenvalue weighted by Gasteiger charge is 2.38. The van der Waals surface area contributed by atoms with Crippen LogP contribution in [0.3, 0.4) is 0 Å². The Balaban J connectivity index is 0.00000576. The summed E-state index contributed by atoms with van der Waals surface area (Å²) in [6, 6.07) is 14.0. The number of fused-ring (bicyclic) bond motifs is 1. The number of halogens is 1. The van der Waals surface area contributed by atoms with Gasteiger partial charge in [-0.1, -0.05) is 67.8 Å². The summed E-state index contributed by atoms with van der Waals surface area (Å²) >= 11 is 0. The number of carbonyl (C=O) groups is 3. The summed E-state index contributed by atoms with van der Waals surface area (Å²) < 4.78 is 0. The van der Waals surface area contributed by atoms with Crippen LogP contribution in [0, 0.1) is 17.2 Å². The van der Waals surface area contributed by atoms with E-state index in [9.17, 15) is 14.4 Å². The summed E-state index contributed by atoms with van der Waals surface area (Å²) in [6.07, 6.45) is 8.68. The molecule has 4 atom stereocenters. The fourth-order valence-corrected chi connectivity index (χ4v) is 6.88. The zero-order valence-electron chi connectivity index (χ0n) is 26.4. The van der Waals surface area contributed by atoms with Crippen LogP contribution in [-0.2, 0) is 27.2 Å². The van der Waals surface area contributed by atoms with Gasteiger partial charge in [-0.3, -0.25) is 24.8 Å². The van der Waals surface area contributed by atoms with Crippen LogP contribution in [0.1, 0.15) is 86.0 Å². The molecule has 0 radical (unpaired) electrons.